The fraction of sp³-hybridized carbons (Fsp3) is 0.0145. The third-order valence-corrected chi connectivity index (χ3v) is 15.1. The molecule has 0 heterocycles. The second-order valence-electron chi connectivity index (χ2n) is 18.7. The molecule has 0 amide bonds. The van der Waals surface area contributed by atoms with Crippen molar-refractivity contribution >= 4 is 38.6 Å². The minimum atomic E-state index is -0.503. The number of rotatable bonds is 7. The zero-order valence-electron chi connectivity index (χ0n) is 38.4. The zero-order valence-corrected chi connectivity index (χ0v) is 38.4. The normalized spacial score (nSPS) is 12.7. The molecular weight excluding hydrogens is 843 g/mol. The van der Waals surface area contributed by atoms with E-state index >= 15 is 0 Å². The predicted molar refractivity (Wildman–Crippen MR) is 294 cm³/mol. The van der Waals surface area contributed by atoms with Crippen LogP contribution < -0.4 is 4.90 Å². The highest BCUT2D eigenvalue weighted by molar-refractivity contribution is 6.23. The molecule has 0 radical (unpaired) electrons. The first-order valence-electron chi connectivity index (χ1n) is 24.3. The van der Waals surface area contributed by atoms with Crippen molar-refractivity contribution in [3.05, 3.63) is 295 Å². The molecule has 0 N–H and O–H groups in total. The molecule has 0 saturated carbocycles. The van der Waals surface area contributed by atoms with E-state index in [-0.39, 0.29) is 0 Å². The molecule has 2 aliphatic carbocycles. The Morgan fingerprint density at radius 2 is 0.657 bits per heavy atom. The van der Waals surface area contributed by atoms with Crippen LogP contribution in [0, 0.1) is 0 Å². The largest absolute Gasteiger partial charge is 0.309 e. The Kier molecular flexibility index (Phi) is 9.19. The summed E-state index contributed by atoms with van der Waals surface area (Å²) in [5.74, 6) is 0. The van der Waals surface area contributed by atoms with E-state index in [4.69, 9.17) is 0 Å². The summed E-state index contributed by atoms with van der Waals surface area (Å²) in [5.41, 5.74) is 22.8. The second-order valence-corrected chi connectivity index (χ2v) is 18.7. The summed E-state index contributed by atoms with van der Waals surface area (Å²) in [4.78, 5) is 2.60. The monoisotopic (exact) mass is 887 g/mol. The highest BCUT2D eigenvalue weighted by Gasteiger charge is 2.51. The molecule has 1 heteroatoms. The van der Waals surface area contributed by atoms with Gasteiger partial charge in [-0.1, -0.05) is 243 Å². The third kappa shape index (κ3) is 5.98. The van der Waals surface area contributed by atoms with Crippen LogP contribution >= 0.6 is 0 Å². The summed E-state index contributed by atoms with van der Waals surface area (Å²) < 4.78 is 0. The van der Waals surface area contributed by atoms with Crippen LogP contribution in [0.25, 0.3) is 88.3 Å². The van der Waals surface area contributed by atoms with Crippen LogP contribution in [0.2, 0.25) is 0 Å². The van der Waals surface area contributed by atoms with Gasteiger partial charge in [0.1, 0.15) is 0 Å². The lowest BCUT2D eigenvalue weighted by Gasteiger charge is -2.34. The molecule has 1 nitrogen and oxygen atoms in total. The van der Waals surface area contributed by atoms with Crippen LogP contribution in [-0.4, -0.2) is 0 Å². The van der Waals surface area contributed by atoms with Crippen molar-refractivity contribution in [2.45, 2.75) is 5.41 Å². The molecule has 14 rings (SSSR count). The lowest BCUT2D eigenvalue weighted by Crippen LogP contribution is -2.26. The van der Waals surface area contributed by atoms with Gasteiger partial charge in [-0.2, -0.15) is 0 Å². The van der Waals surface area contributed by atoms with Crippen LogP contribution in [-0.2, 0) is 5.41 Å². The van der Waals surface area contributed by atoms with E-state index in [1.54, 1.807) is 0 Å². The molecule has 326 valence electrons. The highest BCUT2D eigenvalue weighted by Crippen LogP contribution is 2.64. The van der Waals surface area contributed by atoms with Gasteiger partial charge in [-0.15, -0.1) is 0 Å². The van der Waals surface area contributed by atoms with Crippen LogP contribution in [0.4, 0.5) is 17.1 Å². The molecule has 0 aliphatic heterocycles. The summed E-state index contributed by atoms with van der Waals surface area (Å²) in [6.07, 6.45) is 0. The maximum absolute atomic E-state index is 2.60. The van der Waals surface area contributed by atoms with Crippen LogP contribution in [0.5, 0.6) is 0 Å². The van der Waals surface area contributed by atoms with Crippen molar-refractivity contribution in [3.8, 4) is 66.8 Å². The summed E-state index contributed by atoms with van der Waals surface area (Å²) in [5, 5.41) is 4.84. The third-order valence-electron chi connectivity index (χ3n) is 15.1. The van der Waals surface area contributed by atoms with Crippen LogP contribution in [0.3, 0.4) is 0 Å². The van der Waals surface area contributed by atoms with E-state index in [2.05, 4.69) is 278 Å². The van der Waals surface area contributed by atoms with Gasteiger partial charge in [-0.05, 0) is 124 Å². The van der Waals surface area contributed by atoms with Gasteiger partial charge in [0.25, 0.3) is 0 Å². The number of hydrogen-bond acceptors (Lipinski definition) is 1. The average Bonchev–Trinajstić information content (AvgIpc) is 3.91. The van der Waals surface area contributed by atoms with E-state index in [0.717, 1.165) is 28.2 Å². The molecule has 2 aliphatic rings. The minimum Gasteiger partial charge on any atom is -0.309 e. The highest BCUT2D eigenvalue weighted by atomic mass is 15.1. The SMILES string of the molecule is c1ccc(-c2cccc(-c3cccc(-c4c(N(c5ccc6c(c5)C5(c7ccccc7-c7ccccc75)c5ccccc5-6)c5ccccc5-c5ccccc5)c5ccccc5c5ccccc45)c3)c2)cc1. The Labute approximate surface area is 408 Å². The van der Waals surface area contributed by atoms with Crippen molar-refractivity contribution in [1.82, 2.24) is 0 Å². The van der Waals surface area contributed by atoms with Crippen molar-refractivity contribution in [2.75, 3.05) is 4.90 Å². The number of fused-ring (bicyclic) bond motifs is 13. The average molecular weight is 888 g/mol. The number of nitrogens with zero attached hydrogens (tertiary/aromatic N) is 1. The molecule has 0 bridgehead atoms. The van der Waals surface area contributed by atoms with Gasteiger partial charge < -0.3 is 4.90 Å². The fourth-order valence-corrected chi connectivity index (χ4v) is 12.2. The van der Waals surface area contributed by atoms with Crippen molar-refractivity contribution in [1.29, 1.82) is 0 Å². The van der Waals surface area contributed by atoms with Crippen molar-refractivity contribution < 1.29 is 0 Å². The fourth-order valence-electron chi connectivity index (χ4n) is 12.2. The molecule has 12 aromatic rings. The molecule has 0 aromatic heterocycles. The van der Waals surface area contributed by atoms with E-state index in [9.17, 15) is 0 Å². The molecule has 0 unspecified atom stereocenters. The Morgan fingerprint density at radius 3 is 1.27 bits per heavy atom. The number of benzene rings is 12. The Hall–Kier alpha value is -9.04. The first-order valence-corrected chi connectivity index (χ1v) is 24.3. The Morgan fingerprint density at radius 1 is 0.243 bits per heavy atom. The van der Waals surface area contributed by atoms with Gasteiger partial charge in [0.2, 0.25) is 0 Å². The number of hydrogen-bond donors (Lipinski definition) is 0. The molecule has 0 fully saturated rings. The minimum absolute atomic E-state index is 0.503. The summed E-state index contributed by atoms with van der Waals surface area (Å²) in [6.45, 7) is 0. The summed E-state index contributed by atoms with van der Waals surface area (Å²) >= 11 is 0. The quantitative estimate of drug-likeness (QED) is 0.144. The standard InChI is InChI=1S/C69H45N/c1-3-21-46(22-4-1)48-25-19-26-49(43-48)50-27-20-28-51(44-50)67-60-35-9-7-30-54(60)55-31-8-10-36-61(55)68(67)70(66-40-18-14-29-53(66)47-23-5-2-6-24-47)52-41-42-59-58-34-13-17-39-64(58)69(65(59)45-52)62-37-15-11-32-56(62)57-33-12-16-38-63(57)69/h1-45H. The first kappa shape index (κ1) is 40.1. The Balaban J connectivity index is 1.09. The lowest BCUT2D eigenvalue weighted by atomic mass is 9.70. The van der Waals surface area contributed by atoms with Crippen molar-refractivity contribution in [2.24, 2.45) is 0 Å². The molecule has 0 atom stereocenters. The summed E-state index contributed by atoms with van der Waals surface area (Å²) in [6, 6.07) is 101. The maximum atomic E-state index is 2.60. The second kappa shape index (κ2) is 16.0. The first-order chi connectivity index (χ1) is 34.8. The zero-order chi connectivity index (χ0) is 46.2. The van der Waals surface area contributed by atoms with E-state index < -0.39 is 5.41 Å². The maximum Gasteiger partial charge on any atom is 0.0726 e. The number of para-hydroxylation sites is 1. The molecule has 0 saturated heterocycles. The molecule has 1 spiro atoms. The van der Waals surface area contributed by atoms with Gasteiger partial charge in [0.05, 0.1) is 16.8 Å². The van der Waals surface area contributed by atoms with Gasteiger partial charge in [-0.3, -0.25) is 0 Å². The van der Waals surface area contributed by atoms with E-state index in [1.165, 1.54) is 99.4 Å². The predicted octanol–water partition coefficient (Wildman–Crippen LogP) is 18.5. The Bertz CT molecular complexity index is 3950. The van der Waals surface area contributed by atoms with Crippen molar-refractivity contribution in [3.63, 3.8) is 0 Å². The molecule has 70 heavy (non-hydrogen) atoms. The smallest absolute Gasteiger partial charge is 0.0726 e. The summed E-state index contributed by atoms with van der Waals surface area (Å²) in [7, 11) is 0. The van der Waals surface area contributed by atoms with Gasteiger partial charge >= 0.3 is 0 Å². The van der Waals surface area contributed by atoms with E-state index in [0.29, 0.717) is 0 Å². The van der Waals surface area contributed by atoms with Crippen LogP contribution in [0.15, 0.2) is 273 Å². The van der Waals surface area contributed by atoms with Crippen LogP contribution in [0.1, 0.15) is 22.3 Å². The molecule has 12 aromatic carbocycles. The van der Waals surface area contributed by atoms with Gasteiger partial charge in [-0.25, -0.2) is 0 Å². The van der Waals surface area contributed by atoms with Gasteiger partial charge in [0.15, 0.2) is 0 Å². The number of anilines is 3. The van der Waals surface area contributed by atoms with Gasteiger partial charge in [0, 0.05) is 22.2 Å². The molecular formula is C69H45N. The lowest BCUT2D eigenvalue weighted by molar-refractivity contribution is 0.793. The topological polar surface area (TPSA) is 3.24 Å². The van der Waals surface area contributed by atoms with E-state index in [1.807, 2.05) is 0 Å².